The van der Waals surface area contributed by atoms with Crippen molar-refractivity contribution in [3.05, 3.63) is 82.5 Å². The van der Waals surface area contributed by atoms with Crippen molar-refractivity contribution in [1.82, 2.24) is 14.8 Å². The lowest BCUT2D eigenvalue weighted by molar-refractivity contribution is -0.136. The second-order valence-corrected chi connectivity index (χ2v) is 9.01. The summed E-state index contributed by atoms with van der Waals surface area (Å²) in [6.45, 7) is 5.40. The summed E-state index contributed by atoms with van der Waals surface area (Å²) in [7, 11) is 0. The number of hydrogen-bond acceptors (Lipinski definition) is 6. The third kappa shape index (κ3) is 6.02. The molecule has 0 saturated carbocycles. The Hall–Kier alpha value is -3.65. The molecule has 2 aromatic carbocycles. The average Bonchev–Trinajstić information content (AvgIpc) is 3.40. The van der Waals surface area contributed by atoms with Crippen LogP contribution >= 0.6 is 11.3 Å². The third-order valence-corrected chi connectivity index (χ3v) is 6.31. The number of thiazole rings is 1. The quantitative estimate of drug-likeness (QED) is 0.313. The van der Waals surface area contributed by atoms with Crippen molar-refractivity contribution in [1.29, 1.82) is 0 Å². The van der Waals surface area contributed by atoms with Crippen LogP contribution in [-0.4, -0.2) is 32.4 Å². The fraction of sp³-hybridized carbons (Fsp3) is 0.269. The van der Waals surface area contributed by atoms with Crippen LogP contribution in [0.25, 0.3) is 10.6 Å². The standard InChI is InChI=1S/C26H27N3O4S/c1-3-32-25-21(11-14-24(30)31)16-29(28-25)15-19-9-12-22(13-10-19)33-17-23-18(2)34-26(27-23)20-7-5-4-6-8-20/h4-10,12-13,16H,3,11,14-15,17H2,1-2H3,(H,30,31). The molecule has 0 saturated heterocycles. The Morgan fingerprint density at radius 1 is 1.09 bits per heavy atom. The molecule has 0 radical (unpaired) electrons. The zero-order chi connectivity index (χ0) is 23.9. The lowest BCUT2D eigenvalue weighted by atomic mass is 10.2. The Morgan fingerprint density at radius 3 is 2.56 bits per heavy atom. The number of carbonyl (C=O) groups is 1. The summed E-state index contributed by atoms with van der Waals surface area (Å²) in [5.41, 5.74) is 3.92. The Labute approximate surface area is 202 Å². The van der Waals surface area contributed by atoms with Crippen LogP contribution in [0, 0.1) is 6.92 Å². The maximum Gasteiger partial charge on any atom is 0.303 e. The van der Waals surface area contributed by atoms with Crippen LogP contribution in [-0.2, 0) is 24.4 Å². The number of ether oxygens (including phenoxy) is 2. The monoisotopic (exact) mass is 477 g/mol. The Kier molecular flexibility index (Phi) is 7.59. The van der Waals surface area contributed by atoms with Gasteiger partial charge in [-0.3, -0.25) is 9.48 Å². The maximum absolute atomic E-state index is 10.9. The predicted octanol–water partition coefficient (Wildman–Crippen LogP) is 5.36. The minimum atomic E-state index is -0.838. The molecule has 0 atom stereocenters. The van der Waals surface area contributed by atoms with E-state index in [0.29, 0.717) is 32.1 Å². The summed E-state index contributed by atoms with van der Waals surface area (Å²) in [5.74, 6) is 0.433. The first-order chi connectivity index (χ1) is 16.5. The SMILES string of the molecule is CCOc1nn(Cc2ccc(OCc3nc(-c4ccccc4)sc3C)cc2)cc1CCC(=O)O. The molecule has 176 valence electrons. The molecule has 4 aromatic rings. The summed E-state index contributed by atoms with van der Waals surface area (Å²) in [6.07, 6.45) is 2.29. The first-order valence-electron chi connectivity index (χ1n) is 11.2. The molecular weight excluding hydrogens is 450 g/mol. The number of aliphatic carboxylic acids is 1. The van der Waals surface area contributed by atoms with Gasteiger partial charge >= 0.3 is 5.97 Å². The summed E-state index contributed by atoms with van der Waals surface area (Å²) in [6, 6.07) is 18.0. The van der Waals surface area contributed by atoms with Gasteiger partial charge in [0.1, 0.15) is 17.4 Å². The van der Waals surface area contributed by atoms with Gasteiger partial charge in [0.05, 0.1) is 18.8 Å². The molecule has 0 amide bonds. The molecule has 0 fully saturated rings. The minimum Gasteiger partial charge on any atom is -0.487 e. The Morgan fingerprint density at radius 2 is 1.85 bits per heavy atom. The second kappa shape index (κ2) is 11.0. The lowest BCUT2D eigenvalue weighted by Crippen LogP contribution is -2.02. The van der Waals surface area contributed by atoms with E-state index in [1.165, 1.54) is 0 Å². The topological polar surface area (TPSA) is 86.5 Å². The van der Waals surface area contributed by atoms with E-state index in [4.69, 9.17) is 19.6 Å². The van der Waals surface area contributed by atoms with Crippen LogP contribution in [0.1, 0.15) is 35.0 Å². The first-order valence-corrected chi connectivity index (χ1v) is 12.0. The zero-order valence-electron chi connectivity index (χ0n) is 19.2. The average molecular weight is 478 g/mol. The number of nitrogens with zero attached hydrogens (tertiary/aromatic N) is 3. The van der Waals surface area contributed by atoms with E-state index in [2.05, 4.69) is 24.2 Å². The number of carboxylic acid groups (broad SMARTS) is 1. The highest BCUT2D eigenvalue weighted by atomic mass is 32.1. The number of rotatable bonds is 11. The molecule has 2 aromatic heterocycles. The van der Waals surface area contributed by atoms with E-state index in [0.717, 1.165) is 38.0 Å². The summed E-state index contributed by atoms with van der Waals surface area (Å²) < 4.78 is 13.3. The van der Waals surface area contributed by atoms with E-state index < -0.39 is 5.97 Å². The van der Waals surface area contributed by atoms with Crippen molar-refractivity contribution < 1.29 is 19.4 Å². The van der Waals surface area contributed by atoms with Crippen LogP contribution in [0.3, 0.4) is 0 Å². The van der Waals surface area contributed by atoms with E-state index in [9.17, 15) is 4.79 Å². The first kappa shape index (κ1) is 23.5. The van der Waals surface area contributed by atoms with Crippen LogP contribution in [0.15, 0.2) is 60.8 Å². The smallest absolute Gasteiger partial charge is 0.303 e. The molecule has 8 heteroatoms. The van der Waals surface area contributed by atoms with Gasteiger partial charge in [0.25, 0.3) is 0 Å². The van der Waals surface area contributed by atoms with Gasteiger partial charge in [-0.15, -0.1) is 16.4 Å². The highest BCUT2D eigenvalue weighted by molar-refractivity contribution is 7.15. The molecule has 2 heterocycles. The molecule has 4 rings (SSSR count). The Balaban J connectivity index is 1.37. The van der Waals surface area contributed by atoms with Crippen LogP contribution < -0.4 is 9.47 Å². The fourth-order valence-corrected chi connectivity index (χ4v) is 4.42. The zero-order valence-corrected chi connectivity index (χ0v) is 20.0. The lowest BCUT2D eigenvalue weighted by Gasteiger charge is -2.07. The van der Waals surface area contributed by atoms with Crippen LogP contribution in [0.4, 0.5) is 0 Å². The van der Waals surface area contributed by atoms with Crippen LogP contribution in [0.5, 0.6) is 11.6 Å². The van der Waals surface area contributed by atoms with Crippen molar-refractivity contribution >= 4 is 17.3 Å². The van der Waals surface area contributed by atoms with E-state index in [1.54, 1.807) is 16.0 Å². The molecule has 0 aliphatic rings. The second-order valence-electron chi connectivity index (χ2n) is 7.80. The van der Waals surface area contributed by atoms with Gasteiger partial charge in [-0.05, 0) is 38.0 Å². The predicted molar refractivity (Wildman–Crippen MR) is 132 cm³/mol. The van der Waals surface area contributed by atoms with Gasteiger partial charge in [-0.25, -0.2) is 4.98 Å². The third-order valence-electron chi connectivity index (χ3n) is 5.24. The minimum absolute atomic E-state index is 0.0447. The molecule has 7 nitrogen and oxygen atoms in total. The van der Waals surface area contributed by atoms with Gasteiger partial charge in [0.2, 0.25) is 5.88 Å². The maximum atomic E-state index is 10.9. The Bertz CT molecular complexity index is 1230. The summed E-state index contributed by atoms with van der Waals surface area (Å²) in [4.78, 5) is 16.8. The number of aromatic nitrogens is 3. The van der Waals surface area contributed by atoms with E-state index >= 15 is 0 Å². The number of carboxylic acids is 1. The van der Waals surface area contributed by atoms with Gasteiger partial charge in [0.15, 0.2) is 0 Å². The van der Waals surface area contributed by atoms with E-state index in [1.807, 2.05) is 55.6 Å². The summed E-state index contributed by atoms with van der Waals surface area (Å²) >= 11 is 1.67. The van der Waals surface area contributed by atoms with Crippen LogP contribution in [0.2, 0.25) is 0 Å². The largest absolute Gasteiger partial charge is 0.487 e. The molecular formula is C26H27N3O4S. The van der Waals surface area contributed by atoms with Gasteiger partial charge in [-0.2, -0.15) is 0 Å². The van der Waals surface area contributed by atoms with Crippen molar-refractivity contribution in [2.45, 2.75) is 39.8 Å². The molecule has 0 aliphatic heterocycles. The molecule has 34 heavy (non-hydrogen) atoms. The van der Waals surface area contributed by atoms with Crippen molar-refractivity contribution in [3.8, 4) is 22.2 Å². The molecule has 0 spiro atoms. The molecule has 0 bridgehead atoms. The van der Waals surface area contributed by atoms with Gasteiger partial charge < -0.3 is 14.6 Å². The molecule has 0 unspecified atom stereocenters. The molecule has 1 N–H and O–H groups in total. The highest BCUT2D eigenvalue weighted by Crippen LogP contribution is 2.28. The number of aryl methyl sites for hydroxylation is 2. The van der Waals surface area contributed by atoms with Crippen molar-refractivity contribution in [3.63, 3.8) is 0 Å². The highest BCUT2D eigenvalue weighted by Gasteiger charge is 2.13. The van der Waals surface area contributed by atoms with E-state index in [-0.39, 0.29) is 6.42 Å². The molecule has 0 aliphatic carbocycles. The number of hydrogen-bond donors (Lipinski definition) is 1. The fourth-order valence-electron chi connectivity index (χ4n) is 3.49. The van der Waals surface area contributed by atoms with Crippen molar-refractivity contribution in [2.24, 2.45) is 0 Å². The summed E-state index contributed by atoms with van der Waals surface area (Å²) in [5, 5.41) is 14.4. The van der Waals surface area contributed by atoms with Gasteiger partial charge in [-0.1, -0.05) is 42.5 Å². The number of benzene rings is 2. The van der Waals surface area contributed by atoms with Crippen molar-refractivity contribution in [2.75, 3.05) is 6.61 Å². The normalized spacial score (nSPS) is 10.9. The van der Waals surface area contributed by atoms with Gasteiger partial charge in [0, 0.05) is 28.6 Å².